The molecule has 162 valence electrons. The van der Waals surface area contributed by atoms with Gasteiger partial charge in [-0.3, -0.25) is 19.7 Å². The van der Waals surface area contributed by atoms with Gasteiger partial charge in [-0.05, 0) is 42.3 Å². The smallest absolute Gasteiger partial charge is 0.269 e. The highest BCUT2D eigenvalue weighted by Crippen LogP contribution is 2.25. The van der Waals surface area contributed by atoms with Crippen molar-refractivity contribution in [2.45, 2.75) is 17.7 Å². The van der Waals surface area contributed by atoms with E-state index >= 15 is 0 Å². The number of nitro groups is 1. The highest BCUT2D eigenvalue weighted by Gasteiger charge is 2.31. The molecule has 1 saturated heterocycles. The van der Waals surface area contributed by atoms with Crippen LogP contribution in [0.3, 0.4) is 0 Å². The summed E-state index contributed by atoms with van der Waals surface area (Å²) in [5.74, 6) is -0.232. The van der Waals surface area contributed by atoms with E-state index in [2.05, 4.69) is 5.32 Å². The number of nitrogens with zero attached hydrogens (tertiary/aromatic N) is 3. The predicted molar refractivity (Wildman–Crippen MR) is 111 cm³/mol. The van der Waals surface area contributed by atoms with Gasteiger partial charge in [-0.2, -0.15) is 4.31 Å². The molecule has 0 unspecified atom stereocenters. The minimum absolute atomic E-state index is 0.0189. The molecule has 2 aromatic carbocycles. The average molecular weight is 444 g/mol. The zero-order chi connectivity index (χ0) is 22.2. The van der Waals surface area contributed by atoms with Gasteiger partial charge in [0.25, 0.3) is 11.6 Å². The van der Waals surface area contributed by atoms with E-state index in [-0.39, 0.29) is 48.6 Å². The SMILES string of the molecule is O=C1CCc2cc(C(=O)N3CCN(S(=O)(=O)c4ccc([N+](=O)[O-])cc4)CC3)ccc2N1. The van der Waals surface area contributed by atoms with Gasteiger partial charge in [0.05, 0.1) is 9.82 Å². The minimum atomic E-state index is -3.80. The van der Waals surface area contributed by atoms with Crippen molar-refractivity contribution in [3.8, 4) is 0 Å². The number of non-ortho nitro benzene ring substituents is 1. The van der Waals surface area contributed by atoms with Gasteiger partial charge in [-0.1, -0.05) is 0 Å². The van der Waals surface area contributed by atoms with E-state index in [1.807, 2.05) is 0 Å². The Bertz CT molecular complexity index is 1150. The molecular weight excluding hydrogens is 424 g/mol. The number of sulfonamides is 1. The Kier molecular flexibility index (Phi) is 5.46. The standard InChI is InChI=1S/C20H20N4O6S/c25-19-8-2-14-13-15(1-7-18(14)21-19)20(26)22-9-11-23(12-10-22)31(29,30)17-5-3-16(4-6-17)24(27)28/h1,3-7,13H,2,8-12H2,(H,21,25). The summed E-state index contributed by atoms with van der Waals surface area (Å²) in [6.07, 6.45) is 0.952. The third kappa shape index (κ3) is 4.14. The number of benzene rings is 2. The Morgan fingerprint density at radius 2 is 1.68 bits per heavy atom. The topological polar surface area (TPSA) is 130 Å². The fourth-order valence-electron chi connectivity index (χ4n) is 3.72. The molecule has 2 heterocycles. The summed E-state index contributed by atoms with van der Waals surface area (Å²) in [5, 5.41) is 13.5. The molecule has 31 heavy (non-hydrogen) atoms. The van der Waals surface area contributed by atoms with E-state index < -0.39 is 14.9 Å². The highest BCUT2D eigenvalue weighted by molar-refractivity contribution is 7.89. The lowest BCUT2D eigenvalue weighted by molar-refractivity contribution is -0.384. The molecule has 1 fully saturated rings. The average Bonchev–Trinajstić information content (AvgIpc) is 2.78. The lowest BCUT2D eigenvalue weighted by atomic mass is 10.00. The number of aryl methyl sites for hydroxylation is 1. The second-order valence-corrected chi connectivity index (χ2v) is 9.31. The normalized spacial score (nSPS) is 17.0. The van der Waals surface area contributed by atoms with E-state index in [1.54, 1.807) is 23.1 Å². The van der Waals surface area contributed by atoms with Gasteiger partial charge in [0.15, 0.2) is 0 Å². The van der Waals surface area contributed by atoms with Crippen molar-refractivity contribution < 1.29 is 22.9 Å². The van der Waals surface area contributed by atoms with Gasteiger partial charge in [0, 0.05) is 56.0 Å². The Morgan fingerprint density at radius 1 is 1.00 bits per heavy atom. The molecule has 0 spiro atoms. The summed E-state index contributed by atoms with van der Waals surface area (Å²) in [7, 11) is -3.80. The lowest BCUT2D eigenvalue weighted by Crippen LogP contribution is -2.50. The van der Waals surface area contributed by atoms with Crippen LogP contribution in [-0.2, 0) is 21.2 Å². The zero-order valence-electron chi connectivity index (χ0n) is 16.5. The first-order valence-corrected chi connectivity index (χ1v) is 11.2. The zero-order valence-corrected chi connectivity index (χ0v) is 17.3. The van der Waals surface area contributed by atoms with Crippen LogP contribution in [0, 0.1) is 10.1 Å². The Hall–Kier alpha value is -3.31. The third-order valence-corrected chi connectivity index (χ3v) is 7.37. The van der Waals surface area contributed by atoms with Crippen LogP contribution < -0.4 is 5.32 Å². The number of nitrogens with one attached hydrogen (secondary N) is 1. The molecule has 4 rings (SSSR count). The Labute approximate surface area is 178 Å². The Morgan fingerprint density at radius 3 is 2.32 bits per heavy atom. The first kappa shape index (κ1) is 20.9. The van der Waals surface area contributed by atoms with Crippen LogP contribution in [0.5, 0.6) is 0 Å². The van der Waals surface area contributed by atoms with Crippen LogP contribution in [0.1, 0.15) is 22.3 Å². The first-order chi connectivity index (χ1) is 14.8. The molecular formula is C20H20N4O6S. The maximum Gasteiger partial charge on any atom is 0.269 e. The van der Waals surface area contributed by atoms with E-state index in [9.17, 15) is 28.1 Å². The number of piperazine rings is 1. The van der Waals surface area contributed by atoms with Crippen LogP contribution in [-0.4, -0.2) is 60.5 Å². The molecule has 0 bridgehead atoms. The number of carbonyl (C=O) groups excluding carboxylic acids is 2. The summed E-state index contributed by atoms with van der Waals surface area (Å²) in [5.41, 5.74) is 1.94. The predicted octanol–water partition coefficient (Wildman–Crippen LogP) is 1.63. The number of amides is 2. The van der Waals surface area contributed by atoms with Gasteiger partial charge in [0.1, 0.15) is 0 Å². The van der Waals surface area contributed by atoms with Crippen molar-refractivity contribution in [1.29, 1.82) is 0 Å². The second kappa shape index (κ2) is 8.08. The van der Waals surface area contributed by atoms with Gasteiger partial charge >= 0.3 is 0 Å². The number of rotatable bonds is 4. The van der Waals surface area contributed by atoms with Crippen molar-refractivity contribution in [3.05, 3.63) is 63.7 Å². The fraction of sp³-hybridized carbons (Fsp3) is 0.300. The number of nitro benzene ring substituents is 1. The van der Waals surface area contributed by atoms with Crippen LogP contribution in [0.15, 0.2) is 47.4 Å². The lowest BCUT2D eigenvalue weighted by Gasteiger charge is -2.34. The molecule has 2 aliphatic rings. The maximum atomic E-state index is 12.9. The van der Waals surface area contributed by atoms with Crippen LogP contribution in [0.2, 0.25) is 0 Å². The summed E-state index contributed by atoms with van der Waals surface area (Å²) in [4.78, 5) is 36.1. The summed E-state index contributed by atoms with van der Waals surface area (Å²) in [6, 6.07) is 9.91. The first-order valence-electron chi connectivity index (χ1n) is 9.72. The van der Waals surface area contributed by atoms with Gasteiger partial charge in [0.2, 0.25) is 15.9 Å². The number of anilines is 1. The monoisotopic (exact) mass is 444 g/mol. The van der Waals surface area contributed by atoms with Crippen molar-refractivity contribution in [2.24, 2.45) is 0 Å². The highest BCUT2D eigenvalue weighted by atomic mass is 32.2. The molecule has 2 amide bonds. The second-order valence-electron chi connectivity index (χ2n) is 7.37. The van der Waals surface area contributed by atoms with E-state index in [0.717, 1.165) is 17.7 Å². The van der Waals surface area contributed by atoms with E-state index in [1.165, 1.54) is 16.4 Å². The summed E-state index contributed by atoms with van der Waals surface area (Å²) < 4.78 is 26.9. The van der Waals surface area contributed by atoms with E-state index in [0.29, 0.717) is 24.1 Å². The third-order valence-electron chi connectivity index (χ3n) is 5.46. The van der Waals surface area contributed by atoms with E-state index in [4.69, 9.17) is 0 Å². The molecule has 2 aromatic rings. The van der Waals surface area contributed by atoms with Crippen molar-refractivity contribution in [2.75, 3.05) is 31.5 Å². The number of carbonyl (C=O) groups is 2. The quantitative estimate of drug-likeness (QED) is 0.563. The largest absolute Gasteiger partial charge is 0.336 e. The van der Waals surface area contributed by atoms with Gasteiger partial charge < -0.3 is 10.2 Å². The van der Waals surface area contributed by atoms with Crippen molar-refractivity contribution >= 4 is 33.2 Å². The van der Waals surface area contributed by atoms with Crippen molar-refractivity contribution in [3.63, 3.8) is 0 Å². The fourth-order valence-corrected chi connectivity index (χ4v) is 5.14. The summed E-state index contributed by atoms with van der Waals surface area (Å²) in [6.45, 7) is 0.732. The summed E-state index contributed by atoms with van der Waals surface area (Å²) >= 11 is 0. The molecule has 0 saturated carbocycles. The molecule has 0 aliphatic carbocycles. The molecule has 11 heteroatoms. The number of hydrogen-bond acceptors (Lipinski definition) is 6. The molecule has 0 aromatic heterocycles. The molecule has 0 radical (unpaired) electrons. The maximum absolute atomic E-state index is 12.9. The Balaban J connectivity index is 1.43. The number of hydrogen-bond donors (Lipinski definition) is 1. The molecule has 0 atom stereocenters. The van der Waals surface area contributed by atoms with Gasteiger partial charge in [-0.15, -0.1) is 0 Å². The van der Waals surface area contributed by atoms with Crippen LogP contribution >= 0.6 is 0 Å². The molecule has 1 N–H and O–H groups in total. The van der Waals surface area contributed by atoms with Gasteiger partial charge in [-0.25, -0.2) is 8.42 Å². The van der Waals surface area contributed by atoms with Crippen molar-refractivity contribution in [1.82, 2.24) is 9.21 Å². The number of fused-ring (bicyclic) bond motifs is 1. The molecule has 10 nitrogen and oxygen atoms in total. The van der Waals surface area contributed by atoms with Crippen LogP contribution in [0.4, 0.5) is 11.4 Å². The van der Waals surface area contributed by atoms with Crippen LogP contribution in [0.25, 0.3) is 0 Å². The minimum Gasteiger partial charge on any atom is -0.336 e. The molecule has 2 aliphatic heterocycles.